The number of hydrogen-bond donors (Lipinski definition) is 0. The summed E-state index contributed by atoms with van der Waals surface area (Å²) < 4.78 is 25.2. The molecule has 3 rings (SSSR count). The first-order valence-electron chi connectivity index (χ1n) is 7.75. The second-order valence-corrected chi connectivity index (χ2v) is 10.1. The topological polar surface area (TPSA) is 54.5 Å². The van der Waals surface area contributed by atoms with E-state index in [4.69, 9.17) is 11.6 Å². The predicted octanol–water partition coefficient (Wildman–Crippen LogP) is 4.47. The Morgan fingerprint density at radius 1 is 0.923 bits per heavy atom. The molecule has 0 aliphatic rings. The SMILES string of the molecule is O=C(CS(=O)(=O)c1ccc(Cl)cc1)N(Cc1cccs1)Cc1cccs1. The van der Waals surface area contributed by atoms with Gasteiger partial charge in [-0.1, -0.05) is 23.7 Å². The predicted molar refractivity (Wildman–Crippen MR) is 106 cm³/mol. The standard InChI is InChI=1S/C18H16ClNO3S3/c19-14-5-7-17(8-6-14)26(22,23)13-18(21)20(11-15-3-1-9-24-15)12-16-4-2-10-25-16/h1-10H,11-13H2. The number of halogens is 1. The van der Waals surface area contributed by atoms with E-state index in [0.717, 1.165) is 9.75 Å². The van der Waals surface area contributed by atoms with Crippen molar-refractivity contribution in [3.05, 3.63) is 74.1 Å². The van der Waals surface area contributed by atoms with Gasteiger partial charge in [0.15, 0.2) is 9.84 Å². The van der Waals surface area contributed by atoms with Crippen LogP contribution in [0.25, 0.3) is 0 Å². The highest BCUT2D eigenvalue weighted by Gasteiger charge is 2.24. The highest BCUT2D eigenvalue weighted by atomic mass is 35.5. The molecule has 0 aliphatic carbocycles. The van der Waals surface area contributed by atoms with Crippen LogP contribution in [-0.2, 0) is 27.7 Å². The summed E-state index contributed by atoms with van der Waals surface area (Å²) in [5.41, 5.74) is 0. The number of nitrogens with zero attached hydrogens (tertiary/aromatic N) is 1. The van der Waals surface area contributed by atoms with E-state index in [9.17, 15) is 13.2 Å². The van der Waals surface area contributed by atoms with Gasteiger partial charge in [-0.25, -0.2) is 8.42 Å². The van der Waals surface area contributed by atoms with Crippen molar-refractivity contribution in [1.82, 2.24) is 4.90 Å². The zero-order valence-electron chi connectivity index (χ0n) is 13.7. The average Bonchev–Trinajstić information content (AvgIpc) is 3.28. The maximum absolute atomic E-state index is 12.8. The molecule has 26 heavy (non-hydrogen) atoms. The normalized spacial score (nSPS) is 11.4. The number of hydrogen-bond acceptors (Lipinski definition) is 5. The Hall–Kier alpha value is -1.67. The van der Waals surface area contributed by atoms with Crippen molar-refractivity contribution in [2.45, 2.75) is 18.0 Å². The average molecular weight is 426 g/mol. The monoisotopic (exact) mass is 425 g/mol. The largest absolute Gasteiger partial charge is 0.332 e. The van der Waals surface area contributed by atoms with Gasteiger partial charge in [0.1, 0.15) is 5.75 Å². The zero-order chi connectivity index (χ0) is 18.6. The fraction of sp³-hybridized carbons (Fsp3) is 0.167. The van der Waals surface area contributed by atoms with Crippen LogP contribution in [0.2, 0.25) is 5.02 Å². The Bertz CT molecular complexity index is 914. The van der Waals surface area contributed by atoms with Crippen LogP contribution in [0.5, 0.6) is 0 Å². The van der Waals surface area contributed by atoms with Gasteiger partial charge < -0.3 is 4.90 Å². The van der Waals surface area contributed by atoms with Gasteiger partial charge in [0.05, 0.1) is 18.0 Å². The molecule has 0 radical (unpaired) electrons. The number of carbonyl (C=O) groups is 1. The lowest BCUT2D eigenvalue weighted by atomic mass is 10.3. The summed E-state index contributed by atoms with van der Waals surface area (Å²) in [6.45, 7) is 0.787. The fourth-order valence-electron chi connectivity index (χ4n) is 2.39. The molecule has 0 saturated carbocycles. The van der Waals surface area contributed by atoms with E-state index in [1.807, 2.05) is 35.0 Å². The third kappa shape index (κ3) is 4.94. The minimum Gasteiger partial charge on any atom is -0.332 e. The summed E-state index contributed by atoms with van der Waals surface area (Å²) in [5, 5.41) is 4.33. The second kappa shape index (κ2) is 8.35. The minimum atomic E-state index is -3.72. The molecule has 0 fully saturated rings. The van der Waals surface area contributed by atoms with Crippen LogP contribution in [-0.4, -0.2) is 25.0 Å². The van der Waals surface area contributed by atoms with Gasteiger partial charge in [-0.15, -0.1) is 22.7 Å². The molecule has 0 saturated heterocycles. The lowest BCUT2D eigenvalue weighted by molar-refractivity contribution is -0.129. The molecule has 1 aromatic carbocycles. The molecular formula is C18H16ClNO3S3. The lowest BCUT2D eigenvalue weighted by Gasteiger charge is -2.21. The first-order valence-corrected chi connectivity index (χ1v) is 11.5. The van der Waals surface area contributed by atoms with Gasteiger partial charge in [-0.2, -0.15) is 0 Å². The maximum Gasteiger partial charge on any atom is 0.238 e. The van der Waals surface area contributed by atoms with E-state index in [2.05, 4.69) is 0 Å². The molecule has 2 aromatic heterocycles. The van der Waals surface area contributed by atoms with Crippen molar-refractivity contribution in [1.29, 1.82) is 0 Å². The summed E-state index contributed by atoms with van der Waals surface area (Å²) >= 11 is 8.89. The molecule has 136 valence electrons. The minimum absolute atomic E-state index is 0.0995. The van der Waals surface area contributed by atoms with Crippen molar-refractivity contribution in [3.8, 4) is 0 Å². The van der Waals surface area contributed by atoms with Crippen LogP contribution in [0, 0.1) is 0 Å². The third-order valence-corrected chi connectivity index (χ3v) is 7.28. The number of benzene rings is 1. The maximum atomic E-state index is 12.8. The van der Waals surface area contributed by atoms with Crippen molar-refractivity contribution in [2.75, 3.05) is 5.75 Å². The summed E-state index contributed by atoms with van der Waals surface area (Å²) in [6.07, 6.45) is 0. The van der Waals surface area contributed by atoms with Crippen LogP contribution in [0.3, 0.4) is 0 Å². The van der Waals surface area contributed by atoms with Crippen LogP contribution < -0.4 is 0 Å². The Kier molecular flexibility index (Phi) is 6.13. The third-order valence-electron chi connectivity index (χ3n) is 3.69. The Balaban J connectivity index is 1.78. The van der Waals surface area contributed by atoms with Crippen molar-refractivity contribution < 1.29 is 13.2 Å². The van der Waals surface area contributed by atoms with E-state index in [-0.39, 0.29) is 4.90 Å². The molecule has 1 amide bonds. The van der Waals surface area contributed by atoms with E-state index < -0.39 is 21.5 Å². The van der Waals surface area contributed by atoms with Crippen molar-refractivity contribution in [3.63, 3.8) is 0 Å². The summed E-state index contributed by atoms with van der Waals surface area (Å²) in [6, 6.07) is 13.6. The van der Waals surface area contributed by atoms with Gasteiger partial charge >= 0.3 is 0 Å². The molecule has 0 spiro atoms. The Morgan fingerprint density at radius 2 is 1.46 bits per heavy atom. The number of sulfone groups is 1. The molecular weight excluding hydrogens is 410 g/mol. The van der Waals surface area contributed by atoms with E-state index >= 15 is 0 Å². The summed E-state index contributed by atoms with van der Waals surface area (Å²) in [4.78, 5) is 16.5. The van der Waals surface area contributed by atoms with Crippen molar-refractivity contribution in [2.24, 2.45) is 0 Å². The molecule has 3 aromatic rings. The summed E-state index contributed by atoms with van der Waals surface area (Å²) in [7, 11) is -3.72. The van der Waals surface area contributed by atoms with Crippen LogP contribution in [0.1, 0.15) is 9.75 Å². The van der Waals surface area contributed by atoms with Gasteiger partial charge in [-0.05, 0) is 47.2 Å². The fourth-order valence-corrected chi connectivity index (χ4v) is 5.18. The highest BCUT2D eigenvalue weighted by molar-refractivity contribution is 7.92. The lowest BCUT2D eigenvalue weighted by Crippen LogP contribution is -2.34. The highest BCUT2D eigenvalue weighted by Crippen LogP contribution is 2.20. The first-order chi connectivity index (χ1) is 12.4. The van der Waals surface area contributed by atoms with Crippen LogP contribution in [0.4, 0.5) is 0 Å². The Labute approximate surface area is 165 Å². The molecule has 4 nitrogen and oxygen atoms in total. The number of rotatable bonds is 7. The number of carbonyl (C=O) groups excluding carboxylic acids is 1. The van der Waals surface area contributed by atoms with Gasteiger partial charge in [0, 0.05) is 14.8 Å². The number of thiophene rings is 2. The molecule has 0 atom stereocenters. The van der Waals surface area contributed by atoms with Gasteiger partial charge in [-0.3, -0.25) is 4.79 Å². The first kappa shape index (κ1) is 19.1. The van der Waals surface area contributed by atoms with E-state index in [1.54, 1.807) is 27.6 Å². The van der Waals surface area contributed by atoms with Crippen LogP contribution in [0.15, 0.2) is 64.2 Å². The molecule has 2 heterocycles. The molecule has 0 unspecified atom stereocenters. The molecule has 8 heteroatoms. The molecule has 0 aliphatic heterocycles. The van der Waals surface area contributed by atoms with Crippen molar-refractivity contribution >= 4 is 50.0 Å². The smallest absolute Gasteiger partial charge is 0.238 e. The van der Waals surface area contributed by atoms with Crippen LogP contribution >= 0.6 is 34.3 Å². The summed E-state index contributed by atoms with van der Waals surface area (Å²) in [5.74, 6) is -0.979. The quantitative estimate of drug-likeness (QED) is 0.561. The Morgan fingerprint density at radius 3 is 1.92 bits per heavy atom. The molecule has 0 N–H and O–H groups in total. The van der Waals surface area contributed by atoms with Gasteiger partial charge in [0.25, 0.3) is 0 Å². The van der Waals surface area contributed by atoms with E-state index in [1.165, 1.54) is 24.3 Å². The zero-order valence-corrected chi connectivity index (χ0v) is 16.9. The van der Waals surface area contributed by atoms with E-state index in [0.29, 0.717) is 18.1 Å². The molecule has 0 bridgehead atoms. The van der Waals surface area contributed by atoms with Gasteiger partial charge in [0.2, 0.25) is 5.91 Å². The number of amides is 1. The second-order valence-electron chi connectivity index (χ2n) is 5.62.